The normalized spacial score (nSPS) is 16.7. The second-order valence-electron chi connectivity index (χ2n) is 15.3. The first kappa shape index (κ1) is 32.2. The van der Waals surface area contributed by atoms with Crippen LogP contribution in [0.3, 0.4) is 0 Å². The summed E-state index contributed by atoms with van der Waals surface area (Å²) in [7, 11) is 0. The monoisotopic (exact) mass is 691 g/mol. The molecule has 3 aliphatic rings. The minimum Gasteiger partial charge on any atom is -0.314 e. The molecule has 10 rings (SSSR count). The molecule has 7 aromatic rings. The van der Waals surface area contributed by atoms with Crippen molar-refractivity contribution < 1.29 is 0 Å². The van der Waals surface area contributed by atoms with Crippen LogP contribution >= 0.6 is 0 Å². The van der Waals surface area contributed by atoms with Gasteiger partial charge in [0.05, 0.1) is 5.41 Å². The maximum absolute atomic E-state index is 4.26. The molecule has 258 valence electrons. The van der Waals surface area contributed by atoms with Crippen LogP contribution in [0.5, 0.6) is 0 Å². The quantitative estimate of drug-likeness (QED) is 0.174. The van der Waals surface area contributed by atoms with Crippen LogP contribution in [0.2, 0.25) is 0 Å². The second-order valence-corrected chi connectivity index (χ2v) is 15.3. The summed E-state index contributed by atoms with van der Waals surface area (Å²) in [4.78, 5) is 2.51. The van der Waals surface area contributed by atoms with Gasteiger partial charge in [-0.15, -0.1) is 0 Å². The summed E-state index contributed by atoms with van der Waals surface area (Å²) in [5.41, 5.74) is 20.9. The maximum atomic E-state index is 4.26. The summed E-state index contributed by atoms with van der Waals surface area (Å²) in [5.74, 6) is 0. The van der Waals surface area contributed by atoms with Crippen LogP contribution in [-0.4, -0.2) is 0 Å². The van der Waals surface area contributed by atoms with Crippen LogP contribution in [0.4, 0.5) is 11.4 Å². The lowest BCUT2D eigenvalue weighted by molar-refractivity contribution is 0.660. The Balaban J connectivity index is 1.28. The van der Waals surface area contributed by atoms with Crippen LogP contribution in [-0.2, 0) is 10.8 Å². The van der Waals surface area contributed by atoms with Crippen LogP contribution in [0.1, 0.15) is 54.2 Å². The van der Waals surface area contributed by atoms with E-state index in [4.69, 9.17) is 0 Å². The fourth-order valence-corrected chi connectivity index (χ4v) is 9.98. The van der Waals surface area contributed by atoms with Crippen molar-refractivity contribution in [2.45, 2.75) is 31.6 Å². The third-order valence-electron chi connectivity index (χ3n) is 12.3. The molecule has 0 atom stereocenters. The van der Waals surface area contributed by atoms with Crippen LogP contribution in [0.25, 0.3) is 39.0 Å². The highest BCUT2D eigenvalue weighted by Gasteiger charge is 2.54. The van der Waals surface area contributed by atoms with E-state index in [0.29, 0.717) is 0 Å². The van der Waals surface area contributed by atoms with Gasteiger partial charge >= 0.3 is 0 Å². The molecule has 0 aromatic heterocycles. The number of fused-ring (bicyclic) bond motifs is 10. The molecule has 0 saturated carbocycles. The molecule has 54 heavy (non-hydrogen) atoms. The first-order chi connectivity index (χ1) is 26.4. The van der Waals surface area contributed by atoms with E-state index < -0.39 is 5.41 Å². The van der Waals surface area contributed by atoms with Crippen LogP contribution < -0.4 is 4.90 Å². The van der Waals surface area contributed by atoms with Gasteiger partial charge in [-0.3, -0.25) is 0 Å². The summed E-state index contributed by atoms with van der Waals surface area (Å²) in [5, 5.41) is 0. The Morgan fingerprint density at radius 1 is 0.481 bits per heavy atom. The fraction of sp³-hybridized carbons (Fsp3) is 0.0943. The Kier molecular flexibility index (Phi) is 7.19. The molecule has 1 nitrogen and oxygen atoms in total. The van der Waals surface area contributed by atoms with Gasteiger partial charge in [-0.1, -0.05) is 178 Å². The van der Waals surface area contributed by atoms with Gasteiger partial charge in [-0.05, 0) is 109 Å². The molecule has 0 N–H and O–H groups in total. The number of hydrogen-bond donors (Lipinski definition) is 0. The van der Waals surface area contributed by atoms with Crippen molar-refractivity contribution in [2.75, 3.05) is 4.90 Å². The molecule has 0 saturated heterocycles. The molecule has 0 unspecified atom stereocenters. The van der Waals surface area contributed by atoms with Gasteiger partial charge in [-0.25, -0.2) is 0 Å². The molecule has 0 fully saturated rings. The zero-order chi connectivity index (χ0) is 36.6. The van der Waals surface area contributed by atoms with E-state index in [-0.39, 0.29) is 5.41 Å². The summed E-state index contributed by atoms with van der Waals surface area (Å²) in [6.07, 6.45) is 4.19. The Bertz CT molecular complexity index is 2660. The Hall–Kier alpha value is -6.44. The lowest BCUT2D eigenvalue weighted by atomic mass is 9.69. The number of anilines is 2. The smallest absolute Gasteiger partial charge is 0.0742 e. The Morgan fingerprint density at radius 3 is 1.56 bits per heavy atom. The molecule has 0 amide bonds. The first-order valence-corrected chi connectivity index (χ1v) is 19.0. The average molecular weight is 692 g/mol. The summed E-state index contributed by atoms with van der Waals surface area (Å²) in [6, 6.07) is 62.9. The van der Waals surface area contributed by atoms with E-state index in [1.54, 1.807) is 0 Å². The average Bonchev–Trinajstić information content (AvgIpc) is 3.77. The molecule has 0 radical (unpaired) electrons. The second kappa shape index (κ2) is 12.0. The molecule has 1 spiro atoms. The lowest BCUT2D eigenvalue weighted by Crippen LogP contribution is -2.30. The van der Waals surface area contributed by atoms with E-state index >= 15 is 0 Å². The number of benzene rings is 7. The minimum absolute atomic E-state index is 0.131. The predicted octanol–water partition coefficient (Wildman–Crippen LogP) is 13.7. The zero-order valence-electron chi connectivity index (χ0n) is 31.0. The van der Waals surface area contributed by atoms with E-state index in [9.17, 15) is 0 Å². The highest BCUT2D eigenvalue weighted by Crippen LogP contribution is 2.65. The minimum atomic E-state index is -0.517. The Labute approximate surface area is 318 Å². The molecule has 0 heterocycles. The van der Waals surface area contributed by atoms with Crippen molar-refractivity contribution in [3.8, 4) is 33.4 Å². The van der Waals surface area contributed by atoms with E-state index in [1.165, 1.54) is 83.6 Å². The third kappa shape index (κ3) is 4.39. The van der Waals surface area contributed by atoms with Gasteiger partial charge in [0, 0.05) is 22.5 Å². The van der Waals surface area contributed by atoms with Gasteiger partial charge in [0.25, 0.3) is 0 Å². The predicted molar refractivity (Wildman–Crippen MR) is 227 cm³/mol. The van der Waals surface area contributed by atoms with E-state index in [0.717, 1.165) is 11.4 Å². The molecule has 3 aliphatic carbocycles. The fourth-order valence-electron chi connectivity index (χ4n) is 9.98. The summed E-state index contributed by atoms with van der Waals surface area (Å²) < 4.78 is 0. The largest absolute Gasteiger partial charge is 0.314 e. The van der Waals surface area contributed by atoms with Crippen molar-refractivity contribution in [2.24, 2.45) is 0 Å². The summed E-state index contributed by atoms with van der Waals surface area (Å²) in [6.45, 7) is 11.3. The van der Waals surface area contributed by atoms with Gasteiger partial charge in [-0.2, -0.15) is 0 Å². The maximum Gasteiger partial charge on any atom is 0.0742 e. The first-order valence-electron chi connectivity index (χ1n) is 19.0. The SMILES string of the molecule is C=CC=C1/C(=C(\C)N(c2ccc(-c3ccccc3)cc2)c2ccc3c(c2)C(C)(C)c2ccccc2-3)C2(c3ccccc31)c1ccccc1-c1ccccc12. The molecule has 7 aromatic carbocycles. The third-order valence-corrected chi connectivity index (χ3v) is 12.3. The van der Waals surface area contributed by atoms with Crippen molar-refractivity contribution in [1.29, 1.82) is 0 Å². The van der Waals surface area contributed by atoms with Gasteiger partial charge < -0.3 is 4.90 Å². The molecular weight excluding hydrogens is 651 g/mol. The molecule has 0 bridgehead atoms. The highest BCUT2D eigenvalue weighted by molar-refractivity contribution is 6.01. The molecule has 1 heteroatoms. The van der Waals surface area contributed by atoms with E-state index in [2.05, 4.69) is 208 Å². The topological polar surface area (TPSA) is 3.24 Å². The van der Waals surface area contributed by atoms with Crippen molar-refractivity contribution in [3.05, 3.63) is 233 Å². The molecular formula is C53H41N. The standard InChI is InChI=1S/C53H41N/c1-5-17-45-43-23-12-16-27-49(43)53(47-25-14-10-21-41(47)42-22-11-15-26-48(42)53)51(45)35(2)54(38-30-28-37(29-31-38)36-18-7-6-8-19-36)39-32-33-44-40-20-9-13-24-46(40)52(3,4)50(44)34-39/h5-34H,1H2,2-4H3/b45-17?,51-35-. The van der Waals surface area contributed by atoms with E-state index in [1.807, 2.05) is 6.08 Å². The summed E-state index contributed by atoms with van der Waals surface area (Å²) >= 11 is 0. The van der Waals surface area contributed by atoms with Crippen molar-refractivity contribution in [3.63, 3.8) is 0 Å². The van der Waals surface area contributed by atoms with Gasteiger partial charge in [0.1, 0.15) is 0 Å². The zero-order valence-corrected chi connectivity index (χ0v) is 31.0. The van der Waals surface area contributed by atoms with Gasteiger partial charge in [0.2, 0.25) is 0 Å². The Morgan fingerprint density at radius 2 is 0.944 bits per heavy atom. The number of rotatable bonds is 5. The molecule has 0 aliphatic heterocycles. The van der Waals surface area contributed by atoms with Crippen molar-refractivity contribution >= 4 is 16.9 Å². The highest BCUT2D eigenvalue weighted by atomic mass is 15.1. The van der Waals surface area contributed by atoms with Crippen LogP contribution in [0, 0.1) is 0 Å². The van der Waals surface area contributed by atoms with Crippen molar-refractivity contribution in [1.82, 2.24) is 0 Å². The lowest BCUT2D eigenvalue weighted by Gasteiger charge is -2.36. The van der Waals surface area contributed by atoms with Crippen LogP contribution in [0.15, 0.2) is 200 Å². The number of hydrogen-bond acceptors (Lipinski definition) is 1. The number of allylic oxidation sites excluding steroid dienone is 5. The van der Waals surface area contributed by atoms with Gasteiger partial charge in [0.15, 0.2) is 0 Å². The number of nitrogens with zero attached hydrogens (tertiary/aromatic N) is 1.